The van der Waals surface area contributed by atoms with Crippen LogP contribution in [0.2, 0.25) is 0 Å². The van der Waals surface area contributed by atoms with Crippen LogP contribution in [0.3, 0.4) is 0 Å². The van der Waals surface area contributed by atoms with E-state index in [1.165, 1.54) is 12.3 Å². The van der Waals surface area contributed by atoms with Crippen LogP contribution in [0.4, 0.5) is 4.39 Å². The Balaban J connectivity index is 1.95. The number of ether oxygens (including phenoxy) is 1. The first-order valence-electron chi connectivity index (χ1n) is 4.11. The van der Waals surface area contributed by atoms with Gasteiger partial charge in [-0.2, -0.15) is 4.39 Å². The highest BCUT2D eigenvalue weighted by atomic mass is 32.1. The Morgan fingerprint density at radius 1 is 1.36 bits per heavy atom. The average Bonchev–Trinajstić information content (AvgIpc) is 2.70. The molecule has 0 N–H and O–H groups in total. The molecule has 0 radical (unpaired) electrons. The van der Waals surface area contributed by atoms with Gasteiger partial charge in [0.25, 0.3) is 0 Å². The third kappa shape index (κ3) is 2.29. The van der Waals surface area contributed by atoms with Gasteiger partial charge in [-0.05, 0) is 23.6 Å². The van der Waals surface area contributed by atoms with E-state index in [-0.39, 0.29) is 0 Å². The minimum Gasteiger partial charge on any atom is -0.486 e. The number of nitrogens with zero attached hydrogens (tertiary/aromatic N) is 1. The van der Waals surface area contributed by atoms with Crippen molar-refractivity contribution in [1.29, 1.82) is 0 Å². The fraction of sp³-hybridized carbons (Fsp3) is 0.100. The maximum absolute atomic E-state index is 12.4. The highest BCUT2D eigenvalue weighted by molar-refractivity contribution is 7.09. The molecule has 2 rings (SSSR count). The summed E-state index contributed by atoms with van der Waals surface area (Å²) in [5.41, 5.74) is 0. The van der Waals surface area contributed by atoms with Crippen LogP contribution in [0.1, 0.15) is 4.88 Å². The lowest BCUT2D eigenvalue weighted by Gasteiger charge is -2.02. The Morgan fingerprint density at radius 2 is 2.29 bits per heavy atom. The van der Waals surface area contributed by atoms with Gasteiger partial charge < -0.3 is 4.74 Å². The summed E-state index contributed by atoms with van der Waals surface area (Å²) in [5.74, 6) is 0.0910. The van der Waals surface area contributed by atoms with E-state index in [0.29, 0.717) is 12.4 Å². The van der Waals surface area contributed by atoms with Gasteiger partial charge in [0.1, 0.15) is 12.4 Å². The molecule has 2 heterocycles. The van der Waals surface area contributed by atoms with Crippen molar-refractivity contribution in [2.45, 2.75) is 6.61 Å². The molecule has 0 aromatic carbocycles. The highest BCUT2D eigenvalue weighted by Crippen LogP contribution is 2.14. The Bertz CT molecular complexity index is 385. The van der Waals surface area contributed by atoms with Gasteiger partial charge in [0, 0.05) is 4.88 Å². The number of halogens is 1. The van der Waals surface area contributed by atoms with Gasteiger partial charge in [-0.15, -0.1) is 11.3 Å². The van der Waals surface area contributed by atoms with Crippen molar-refractivity contribution in [2.24, 2.45) is 0 Å². The van der Waals surface area contributed by atoms with E-state index >= 15 is 0 Å². The van der Waals surface area contributed by atoms with Crippen LogP contribution in [-0.2, 0) is 6.61 Å². The zero-order valence-corrected chi connectivity index (χ0v) is 8.13. The minimum absolute atomic E-state index is 0.492. The molecule has 0 spiro atoms. The first-order valence-corrected chi connectivity index (χ1v) is 4.99. The van der Waals surface area contributed by atoms with E-state index in [2.05, 4.69) is 4.98 Å². The van der Waals surface area contributed by atoms with E-state index in [0.717, 1.165) is 4.88 Å². The molecule has 0 aliphatic carbocycles. The van der Waals surface area contributed by atoms with Crippen LogP contribution in [0, 0.1) is 5.95 Å². The molecule has 0 aliphatic rings. The SMILES string of the molecule is Fc1ccc(OCc2cccs2)cn1. The second kappa shape index (κ2) is 4.19. The molecule has 0 amide bonds. The maximum atomic E-state index is 12.4. The molecule has 0 saturated heterocycles. The predicted octanol–water partition coefficient (Wildman–Crippen LogP) is 2.86. The van der Waals surface area contributed by atoms with E-state index in [4.69, 9.17) is 4.74 Å². The van der Waals surface area contributed by atoms with Crippen molar-refractivity contribution in [2.75, 3.05) is 0 Å². The van der Waals surface area contributed by atoms with Crippen molar-refractivity contribution >= 4 is 11.3 Å². The number of rotatable bonds is 3. The second-order valence-electron chi connectivity index (χ2n) is 2.68. The number of hydrogen-bond acceptors (Lipinski definition) is 3. The van der Waals surface area contributed by atoms with Crippen molar-refractivity contribution in [3.05, 3.63) is 46.7 Å². The van der Waals surface area contributed by atoms with Gasteiger partial charge in [0.2, 0.25) is 5.95 Å². The zero-order valence-electron chi connectivity index (χ0n) is 7.31. The fourth-order valence-corrected chi connectivity index (χ4v) is 1.61. The molecule has 0 unspecified atom stereocenters. The number of pyridine rings is 1. The number of aromatic nitrogens is 1. The topological polar surface area (TPSA) is 22.1 Å². The molecular weight excluding hydrogens is 201 g/mol. The maximum Gasteiger partial charge on any atom is 0.213 e. The van der Waals surface area contributed by atoms with Crippen LogP contribution in [-0.4, -0.2) is 4.98 Å². The Labute approximate surface area is 85.0 Å². The van der Waals surface area contributed by atoms with Crippen molar-refractivity contribution in [3.8, 4) is 5.75 Å². The number of thiophene rings is 1. The summed E-state index contributed by atoms with van der Waals surface area (Å²) in [7, 11) is 0. The number of hydrogen-bond donors (Lipinski definition) is 0. The minimum atomic E-state index is -0.492. The average molecular weight is 209 g/mol. The summed E-state index contributed by atoms with van der Waals surface area (Å²) >= 11 is 1.63. The summed E-state index contributed by atoms with van der Waals surface area (Å²) < 4.78 is 17.8. The Kier molecular flexibility index (Phi) is 2.74. The summed E-state index contributed by atoms with van der Waals surface area (Å²) in [4.78, 5) is 4.62. The standard InChI is InChI=1S/C10H8FNOS/c11-10-4-3-8(6-12-10)13-7-9-2-1-5-14-9/h1-6H,7H2. The fourth-order valence-electron chi connectivity index (χ4n) is 0.997. The molecule has 0 saturated carbocycles. The van der Waals surface area contributed by atoms with Crippen LogP contribution in [0.5, 0.6) is 5.75 Å². The quantitative estimate of drug-likeness (QED) is 0.725. The molecule has 14 heavy (non-hydrogen) atoms. The molecule has 72 valence electrons. The summed E-state index contributed by atoms with van der Waals surface area (Å²) in [6, 6.07) is 6.80. The van der Waals surface area contributed by atoms with Gasteiger partial charge in [0.05, 0.1) is 6.20 Å². The van der Waals surface area contributed by atoms with E-state index in [9.17, 15) is 4.39 Å². The lowest BCUT2D eigenvalue weighted by molar-refractivity contribution is 0.307. The predicted molar refractivity (Wildman–Crippen MR) is 52.8 cm³/mol. The monoisotopic (exact) mass is 209 g/mol. The van der Waals surface area contributed by atoms with Crippen molar-refractivity contribution in [1.82, 2.24) is 4.98 Å². The van der Waals surface area contributed by atoms with Gasteiger partial charge in [-0.1, -0.05) is 6.07 Å². The van der Waals surface area contributed by atoms with Crippen LogP contribution < -0.4 is 4.74 Å². The first-order chi connectivity index (χ1) is 6.84. The molecule has 0 fully saturated rings. The molecule has 0 aliphatic heterocycles. The normalized spacial score (nSPS) is 10.1. The smallest absolute Gasteiger partial charge is 0.213 e. The van der Waals surface area contributed by atoms with Crippen molar-refractivity contribution in [3.63, 3.8) is 0 Å². The lowest BCUT2D eigenvalue weighted by Crippen LogP contribution is -1.93. The highest BCUT2D eigenvalue weighted by Gasteiger charge is 1.97. The summed E-state index contributed by atoms with van der Waals surface area (Å²) in [6.45, 7) is 0.505. The molecule has 0 bridgehead atoms. The molecule has 2 aromatic rings. The largest absolute Gasteiger partial charge is 0.486 e. The van der Waals surface area contributed by atoms with Gasteiger partial charge >= 0.3 is 0 Å². The first kappa shape index (κ1) is 9.15. The van der Waals surface area contributed by atoms with E-state index in [1.54, 1.807) is 17.4 Å². The molecule has 2 aromatic heterocycles. The molecular formula is C10H8FNOS. The van der Waals surface area contributed by atoms with E-state index in [1.807, 2.05) is 17.5 Å². The summed E-state index contributed by atoms with van der Waals surface area (Å²) in [6.07, 6.45) is 1.38. The van der Waals surface area contributed by atoms with E-state index < -0.39 is 5.95 Å². The second-order valence-corrected chi connectivity index (χ2v) is 3.72. The third-order valence-corrected chi connectivity index (χ3v) is 2.51. The van der Waals surface area contributed by atoms with Crippen LogP contribution in [0.25, 0.3) is 0 Å². The van der Waals surface area contributed by atoms with Crippen molar-refractivity contribution < 1.29 is 9.13 Å². The van der Waals surface area contributed by atoms with Gasteiger partial charge in [-0.25, -0.2) is 4.98 Å². The molecule has 0 atom stereocenters. The zero-order chi connectivity index (χ0) is 9.80. The summed E-state index contributed by atoms with van der Waals surface area (Å²) in [5, 5.41) is 1.99. The Morgan fingerprint density at radius 3 is 2.93 bits per heavy atom. The molecule has 4 heteroatoms. The van der Waals surface area contributed by atoms with Crippen LogP contribution >= 0.6 is 11.3 Å². The Hall–Kier alpha value is -1.42. The van der Waals surface area contributed by atoms with Gasteiger partial charge in [-0.3, -0.25) is 0 Å². The third-order valence-electron chi connectivity index (χ3n) is 1.66. The van der Waals surface area contributed by atoms with Gasteiger partial charge in [0.15, 0.2) is 0 Å². The lowest BCUT2D eigenvalue weighted by atomic mass is 10.4. The van der Waals surface area contributed by atoms with Crippen LogP contribution in [0.15, 0.2) is 35.8 Å². The molecule has 2 nitrogen and oxygen atoms in total.